The van der Waals surface area contributed by atoms with Crippen molar-refractivity contribution in [2.45, 2.75) is 31.7 Å². The molecule has 6 nitrogen and oxygen atoms in total. The molecule has 0 heterocycles. The molecule has 1 fully saturated rings. The number of amides is 1. The number of anilines is 1. The van der Waals surface area contributed by atoms with Crippen molar-refractivity contribution in [1.29, 1.82) is 0 Å². The van der Waals surface area contributed by atoms with Gasteiger partial charge in [-0.25, -0.2) is 0 Å². The zero-order chi connectivity index (χ0) is 15.1. The van der Waals surface area contributed by atoms with Crippen LogP contribution in [0.25, 0.3) is 0 Å². The molecule has 0 bridgehead atoms. The minimum absolute atomic E-state index is 0.0682. The Kier molecular flexibility index (Phi) is 5.43. The van der Waals surface area contributed by atoms with Gasteiger partial charge in [0.2, 0.25) is 5.91 Å². The number of carbonyl (C=O) groups excluding carboxylic acids is 2. The molecule has 3 N–H and O–H groups in total. The zero-order valence-corrected chi connectivity index (χ0v) is 11.8. The van der Waals surface area contributed by atoms with E-state index in [-0.39, 0.29) is 37.9 Å². The number of carbonyl (C=O) groups is 2. The summed E-state index contributed by atoms with van der Waals surface area (Å²) in [5.74, 6) is 0.172. The maximum atomic E-state index is 11.5. The fourth-order valence-electron chi connectivity index (χ4n) is 1.71. The highest BCUT2D eigenvalue weighted by Gasteiger charge is 2.22. The second kappa shape index (κ2) is 7.52. The van der Waals surface area contributed by atoms with Crippen LogP contribution < -0.4 is 15.8 Å². The quantitative estimate of drug-likeness (QED) is 0.556. The molecule has 0 aliphatic heterocycles. The first kappa shape index (κ1) is 15.2. The molecule has 1 saturated carbocycles. The van der Waals surface area contributed by atoms with Crippen LogP contribution in [0.5, 0.6) is 5.75 Å². The number of nitrogens with two attached hydrogens (primary N) is 1. The van der Waals surface area contributed by atoms with Crippen LogP contribution >= 0.6 is 0 Å². The Morgan fingerprint density at radius 2 is 2.05 bits per heavy atom. The summed E-state index contributed by atoms with van der Waals surface area (Å²) in [5.41, 5.74) is 6.22. The molecule has 1 amide bonds. The number of nitrogen functional groups attached to an aromatic ring is 1. The highest BCUT2D eigenvalue weighted by Crippen LogP contribution is 2.18. The van der Waals surface area contributed by atoms with Crippen molar-refractivity contribution in [2.24, 2.45) is 0 Å². The molecule has 1 aromatic carbocycles. The molecular weight excluding hydrogens is 272 g/mol. The van der Waals surface area contributed by atoms with Crippen LogP contribution in [0.15, 0.2) is 24.3 Å². The molecule has 1 aromatic rings. The summed E-state index contributed by atoms with van der Waals surface area (Å²) in [7, 11) is 0. The van der Waals surface area contributed by atoms with Gasteiger partial charge in [-0.05, 0) is 25.0 Å². The lowest BCUT2D eigenvalue weighted by molar-refractivity contribution is -0.144. The van der Waals surface area contributed by atoms with E-state index in [2.05, 4.69) is 5.32 Å². The molecule has 2 rings (SSSR count). The van der Waals surface area contributed by atoms with Crippen LogP contribution in [0.4, 0.5) is 5.69 Å². The van der Waals surface area contributed by atoms with Gasteiger partial charge in [0.15, 0.2) is 0 Å². The SMILES string of the molecule is Nc1cccc(OCCC(=O)OCCC(=O)NC2CC2)c1. The monoisotopic (exact) mass is 292 g/mol. The molecule has 0 aromatic heterocycles. The van der Waals surface area contributed by atoms with Gasteiger partial charge in [0.1, 0.15) is 12.4 Å². The van der Waals surface area contributed by atoms with Gasteiger partial charge in [-0.1, -0.05) is 6.07 Å². The Hall–Kier alpha value is -2.24. The molecule has 0 spiro atoms. The van der Waals surface area contributed by atoms with Crippen LogP contribution in [0.1, 0.15) is 25.7 Å². The van der Waals surface area contributed by atoms with Gasteiger partial charge < -0.3 is 20.5 Å². The topological polar surface area (TPSA) is 90.7 Å². The van der Waals surface area contributed by atoms with Crippen molar-refractivity contribution in [3.8, 4) is 5.75 Å². The lowest BCUT2D eigenvalue weighted by atomic mass is 10.3. The Morgan fingerprint density at radius 3 is 2.76 bits per heavy atom. The van der Waals surface area contributed by atoms with Gasteiger partial charge in [-0.2, -0.15) is 0 Å². The van der Waals surface area contributed by atoms with E-state index in [1.165, 1.54) is 0 Å². The van der Waals surface area contributed by atoms with Crippen molar-refractivity contribution in [2.75, 3.05) is 18.9 Å². The Labute approximate surface area is 123 Å². The second-order valence-electron chi connectivity index (χ2n) is 4.98. The van der Waals surface area contributed by atoms with E-state index in [1.807, 2.05) is 0 Å². The standard InChI is InChI=1S/C15H20N2O4/c16-11-2-1-3-13(10-11)20-9-7-15(19)21-8-6-14(18)17-12-4-5-12/h1-3,10,12H,4-9,16H2,(H,17,18). The Bertz CT molecular complexity index is 500. The van der Waals surface area contributed by atoms with E-state index >= 15 is 0 Å². The third kappa shape index (κ3) is 6.16. The number of esters is 1. The van der Waals surface area contributed by atoms with Gasteiger partial charge >= 0.3 is 5.97 Å². The van der Waals surface area contributed by atoms with E-state index in [0.29, 0.717) is 17.5 Å². The first-order valence-electron chi connectivity index (χ1n) is 7.07. The predicted molar refractivity (Wildman–Crippen MR) is 77.7 cm³/mol. The van der Waals surface area contributed by atoms with Gasteiger partial charge in [0.05, 0.1) is 19.4 Å². The van der Waals surface area contributed by atoms with Crippen molar-refractivity contribution >= 4 is 17.6 Å². The largest absolute Gasteiger partial charge is 0.493 e. The maximum absolute atomic E-state index is 11.5. The van der Waals surface area contributed by atoms with Crippen LogP contribution in [-0.2, 0) is 14.3 Å². The molecule has 1 aliphatic carbocycles. The molecule has 114 valence electrons. The van der Waals surface area contributed by atoms with E-state index in [9.17, 15) is 9.59 Å². The number of nitrogens with one attached hydrogen (secondary N) is 1. The van der Waals surface area contributed by atoms with Gasteiger partial charge in [0.25, 0.3) is 0 Å². The smallest absolute Gasteiger partial charge is 0.309 e. The maximum Gasteiger partial charge on any atom is 0.309 e. The zero-order valence-electron chi connectivity index (χ0n) is 11.8. The van der Waals surface area contributed by atoms with E-state index in [4.69, 9.17) is 15.2 Å². The summed E-state index contributed by atoms with van der Waals surface area (Å²) in [6, 6.07) is 7.33. The predicted octanol–water partition coefficient (Wildman–Crippen LogP) is 1.25. The average molecular weight is 292 g/mol. The van der Waals surface area contributed by atoms with Gasteiger partial charge in [-0.15, -0.1) is 0 Å². The van der Waals surface area contributed by atoms with Gasteiger partial charge in [0, 0.05) is 17.8 Å². The highest BCUT2D eigenvalue weighted by molar-refractivity contribution is 5.77. The highest BCUT2D eigenvalue weighted by atomic mass is 16.5. The molecule has 21 heavy (non-hydrogen) atoms. The fourth-order valence-corrected chi connectivity index (χ4v) is 1.71. The average Bonchev–Trinajstić information content (AvgIpc) is 3.22. The van der Waals surface area contributed by atoms with E-state index in [1.54, 1.807) is 24.3 Å². The number of benzene rings is 1. The van der Waals surface area contributed by atoms with Crippen molar-refractivity contribution in [1.82, 2.24) is 5.32 Å². The molecule has 1 aliphatic rings. The van der Waals surface area contributed by atoms with Crippen LogP contribution in [0, 0.1) is 0 Å². The van der Waals surface area contributed by atoms with Crippen LogP contribution in [0.3, 0.4) is 0 Å². The van der Waals surface area contributed by atoms with Crippen molar-refractivity contribution in [3.05, 3.63) is 24.3 Å². The van der Waals surface area contributed by atoms with E-state index < -0.39 is 0 Å². The first-order chi connectivity index (χ1) is 10.1. The molecule has 0 saturated heterocycles. The van der Waals surface area contributed by atoms with Crippen molar-refractivity contribution in [3.63, 3.8) is 0 Å². The lowest BCUT2D eigenvalue weighted by Crippen LogP contribution is -2.26. The van der Waals surface area contributed by atoms with Crippen LogP contribution in [0.2, 0.25) is 0 Å². The number of ether oxygens (including phenoxy) is 2. The molecule has 6 heteroatoms. The summed E-state index contributed by atoms with van der Waals surface area (Å²) < 4.78 is 10.4. The number of rotatable bonds is 8. The fraction of sp³-hybridized carbons (Fsp3) is 0.467. The summed E-state index contributed by atoms with van der Waals surface area (Å²) in [6.45, 7) is 0.326. The normalized spacial score (nSPS) is 13.5. The Morgan fingerprint density at radius 1 is 1.24 bits per heavy atom. The van der Waals surface area contributed by atoms with E-state index in [0.717, 1.165) is 12.8 Å². The molecule has 0 atom stereocenters. The third-order valence-corrected chi connectivity index (χ3v) is 2.97. The minimum atomic E-state index is -0.377. The summed E-state index contributed by atoms with van der Waals surface area (Å²) in [4.78, 5) is 22.8. The summed E-state index contributed by atoms with van der Waals surface area (Å²) >= 11 is 0. The number of hydrogen-bond acceptors (Lipinski definition) is 5. The molecule has 0 radical (unpaired) electrons. The summed E-state index contributed by atoms with van der Waals surface area (Å²) in [5, 5.41) is 2.83. The van der Waals surface area contributed by atoms with Crippen molar-refractivity contribution < 1.29 is 19.1 Å². The lowest BCUT2D eigenvalue weighted by Gasteiger charge is -2.07. The van der Waals surface area contributed by atoms with Gasteiger partial charge in [-0.3, -0.25) is 9.59 Å². The second-order valence-corrected chi connectivity index (χ2v) is 4.98. The minimum Gasteiger partial charge on any atom is -0.493 e. The first-order valence-corrected chi connectivity index (χ1v) is 7.07. The third-order valence-electron chi connectivity index (χ3n) is 2.97. The molecular formula is C15H20N2O4. The summed E-state index contributed by atoms with van der Waals surface area (Å²) in [6.07, 6.45) is 2.44. The Balaban J connectivity index is 1.53. The number of hydrogen-bond donors (Lipinski definition) is 2. The van der Waals surface area contributed by atoms with Crippen LogP contribution in [-0.4, -0.2) is 31.1 Å². The molecule has 0 unspecified atom stereocenters.